The van der Waals surface area contributed by atoms with E-state index < -0.39 is 24.1 Å². The predicted molar refractivity (Wildman–Crippen MR) is 77.8 cm³/mol. The number of methoxy groups -OCH3 is 1. The third-order valence-corrected chi connectivity index (χ3v) is 4.04. The van der Waals surface area contributed by atoms with Gasteiger partial charge in [0.25, 0.3) is 0 Å². The number of carbonyl (C=O) groups is 1. The summed E-state index contributed by atoms with van der Waals surface area (Å²) >= 11 is 0. The van der Waals surface area contributed by atoms with Gasteiger partial charge >= 0.3 is 6.18 Å². The normalized spacial score (nSPS) is 24.7. The van der Waals surface area contributed by atoms with E-state index in [1.807, 2.05) is 0 Å². The van der Waals surface area contributed by atoms with Crippen molar-refractivity contribution in [3.05, 3.63) is 23.3 Å². The predicted octanol–water partition coefficient (Wildman–Crippen LogP) is 1.60. The molecule has 0 bridgehead atoms. The smallest absolute Gasteiger partial charge is 0.390 e. The van der Waals surface area contributed by atoms with Crippen molar-refractivity contribution in [2.75, 3.05) is 7.11 Å². The topological polar surface area (TPSA) is 84.3 Å². The van der Waals surface area contributed by atoms with Crippen LogP contribution >= 0.6 is 0 Å². The molecule has 1 amide bonds. The highest BCUT2D eigenvalue weighted by atomic mass is 19.4. The quantitative estimate of drug-likeness (QED) is 0.864. The van der Waals surface area contributed by atoms with Crippen LogP contribution in [-0.4, -0.2) is 40.3 Å². The van der Waals surface area contributed by atoms with Crippen LogP contribution in [0.1, 0.15) is 36.5 Å². The van der Waals surface area contributed by atoms with Gasteiger partial charge < -0.3 is 15.2 Å². The Morgan fingerprint density at radius 2 is 2.12 bits per heavy atom. The Morgan fingerprint density at radius 3 is 2.75 bits per heavy atom. The van der Waals surface area contributed by atoms with Crippen LogP contribution in [0.3, 0.4) is 0 Å². The summed E-state index contributed by atoms with van der Waals surface area (Å²) in [6.45, 7) is 1.26. The Labute approximate surface area is 137 Å². The molecule has 1 aromatic heterocycles. The first kappa shape index (κ1) is 18.6. The lowest BCUT2D eigenvalue weighted by Gasteiger charge is -2.31. The fourth-order valence-corrected chi connectivity index (χ4v) is 2.77. The van der Waals surface area contributed by atoms with Crippen molar-refractivity contribution in [2.45, 2.75) is 51.1 Å². The molecule has 0 aromatic carbocycles. The van der Waals surface area contributed by atoms with Gasteiger partial charge in [0.05, 0.1) is 18.8 Å². The molecule has 0 aliphatic heterocycles. The number of hydrogen-bond donors (Lipinski definition) is 2. The lowest BCUT2D eigenvalue weighted by molar-refractivity contribution is -0.141. The zero-order chi connectivity index (χ0) is 17.9. The number of alkyl halides is 3. The van der Waals surface area contributed by atoms with Gasteiger partial charge in [0.15, 0.2) is 0 Å². The number of amides is 1. The Morgan fingerprint density at radius 1 is 1.42 bits per heavy atom. The van der Waals surface area contributed by atoms with E-state index in [1.165, 1.54) is 14.0 Å². The highest BCUT2D eigenvalue weighted by Crippen LogP contribution is 2.28. The molecule has 0 unspecified atom stereocenters. The van der Waals surface area contributed by atoms with E-state index in [-0.39, 0.29) is 29.9 Å². The molecule has 1 aliphatic rings. The second-order valence-corrected chi connectivity index (χ2v) is 5.88. The molecule has 1 heterocycles. The summed E-state index contributed by atoms with van der Waals surface area (Å²) in [6, 6.07) is 0.858. The molecule has 2 N–H and O–H groups in total. The number of carbonyl (C=O) groups excluding carboxylic acids is 1. The second-order valence-electron chi connectivity index (χ2n) is 5.88. The van der Waals surface area contributed by atoms with Gasteiger partial charge in [-0.1, -0.05) is 0 Å². The first-order valence-electron chi connectivity index (χ1n) is 7.61. The maximum absolute atomic E-state index is 12.7. The number of rotatable bonds is 4. The molecule has 1 fully saturated rings. The molecule has 0 saturated heterocycles. The van der Waals surface area contributed by atoms with E-state index in [9.17, 15) is 23.1 Å². The maximum atomic E-state index is 12.7. The summed E-state index contributed by atoms with van der Waals surface area (Å²) in [4.78, 5) is 19.5. The summed E-state index contributed by atoms with van der Waals surface area (Å²) in [6.07, 6.45) is -4.27. The van der Waals surface area contributed by atoms with Crippen molar-refractivity contribution in [3.63, 3.8) is 0 Å². The van der Waals surface area contributed by atoms with Crippen molar-refractivity contribution < 1.29 is 27.8 Å². The van der Waals surface area contributed by atoms with Crippen LogP contribution in [0.4, 0.5) is 13.2 Å². The monoisotopic (exact) mass is 347 g/mol. The highest BCUT2D eigenvalue weighted by molar-refractivity contribution is 5.78. The van der Waals surface area contributed by atoms with Crippen LogP contribution in [0.2, 0.25) is 0 Å². The molecule has 3 atom stereocenters. The molecule has 0 radical (unpaired) electrons. The van der Waals surface area contributed by atoms with Crippen LogP contribution in [0.5, 0.6) is 0 Å². The van der Waals surface area contributed by atoms with Gasteiger partial charge in [-0.25, -0.2) is 9.97 Å². The number of nitrogens with one attached hydrogen (secondary N) is 1. The molecule has 1 aliphatic carbocycles. The zero-order valence-electron chi connectivity index (χ0n) is 13.4. The standard InChI is InChI=1S/C15H20F3N3O3/c1-8-5-12(15(16,17)18)21-13(20-8)7-19-14(23)9-3-4-10(22)11(6-9)24-2/h5,9-11,22H,3-4,6-7H2,1-2H3,(H,19,23)/t9-,10+,11-/m1/s1. The molecule has 2 rings (SSSR count). The minimum absolute atomic E-state index is 0.0881. The molecular weight excluding hydrogens is 327 g/mol. The lowest BCUT2D eigenvalue weighted by Crippen LogP contribution is -2.41. The Kier molecular flexibility index (Phi) is 5.76. The number of aromatic nitrogens is 2. The van der Waals surface area contributed by atoms with Crippen LogP contribution in [0.15, 0.2) is 6.07 Å². The number of nitrogens with zero attached hydrogens (tertiary/aromatic N) is 2. The molecule has 134 valence electrons. The number of aliphatic hydroxyl groups excluding tert-OH is 1. The van der Waals surface area contributed by atoms with Crippen LogP contribution in [0.25, 0.3) is 0 Å². The Bertz CT molecular complexity index is 595. The Balaban J connectivity index is 1.98. The first-order chi connectivity index (χ1) is 11.2. The van der Waals surface area contributed by atoms with Gasteiger partial charge in [-0.05, 0) is 32.3 Å². The maximum Gasteiger partial charge on any atom is 0.433 e. The van der Waals surface area contributed by atoms with E-state index in [4.69, 9.17) is 4.74 Å². The van der Waals surface area contributed by atoms with E-state index in [2.05, 4.69) is 15.3 Å². The highest BCUT2D eigenvalue weighted by Gasteiger charge is 2.34. The molecule has 24 heavy (non-hydrogen) atoms. The van der Waals surface area contributed by atoms with Gasteiger partial charge in [-0.3, -0.25) is 4.79 Å². The fourth-order valence-electron chi connectivity index (χ4n) is 2.77. The van der Waals surface area contributed by atoms with Crippen molar-refractivity contribution in [2.24, 2.45) is 5.92 Å². The van der Waals surface area contributed by atoms with E-state index >= 15 is 0 Å². The van der Waals surface area contributed by atoms with Gasteiger partial charge in [-0.2, -0.15) is 13.2 Å². The minimum Gasteiger partial charge on any atom is -0.390 e. The SMILES string of the molecule is CO[C@@H]1C[C@H](C(=O)NCc2nc(C)cc(C(F)(F)F)n2)CC[C@@H]1O. The summed E-state index contributed by atoms with van der Waals surface area (Å²) in [5.74, 6) is -0.748. The van der Waals surface area contributed by atoms with E-state index in [0.29, 0.717) is 19.3 Å². The molecule has 0 spiro atoms. The average molecular weight is 347 g/mol. The van der Waals surface area contributed by atoms with Crippen molar-refractivity contribution in [3.8, 4) is 0 Å². The average Bonchev–Trinajstić information content (AvgIpc) is 2.51. The minimum atomic E-state index is -4.56. The van der Waals surface area contributed by atoms with Crippen molar-refractivity contribution >= 4 is 5.91 Å². The van der Waals surface area contributed by atoms with Gasteiger partial charge in [0.2, 0.25) is 5.91 Å². The molecule has 1 aromatic rings. The van der Waals surface area contributed by atoms with Crippen LogP contribution in [-0.2, 0) is 22.3 Å². The van der Waals surface area contributed by atoms with Crippen LogP contribution in [0, 0.1) is 12.8 Å². The molecular formula is C15H20F3N3O3. The number of aliphatic hydroxyl groups is 1. The summed E-state index contributed by atoms with van der Waals surface area (Å²) in [7, 11) is 1.47. The first-order valence-corrected chi connectivity index (χ1v) is 7.61. The fraction of sp³-hybridized carbons (Fsp3) is 0.667. The zero-order valence-corrected chi connectivity index (χ0v) is 13.4. The van der Waals surface area contributed by atoms with Crippen LogP contribution < -0.4 is 5.32 Å². The van der Waals surface area contributed by atoms with Gasteiger partial charge in [0, 0.05) is 18.7 Å². The lowest BCUT2D eigenvalue weighted by atomic mass is 9.84. The third kappa shape index (κ3) is 4.64. The molecule has 6 nitrogen and oxygen atoms in total. The van der Waals surface area contributed by atoms with Crippen molar-refractivity contribution in [1.82, 2.24) is 15.3 Å². The second kappa shape index (κ2) is 7.43. The van der Waals surface area contributed by atoms with Gasteiger partial charge in [-0.15, -0.1) is 0 Å². The summed E-state index contributed by atoms with van der Waals surface area (Å²) in [5.41, 5.74) is -0.846. The van der Waals surface area contributed by atoms with E-state index in [0.717, 1.165) is 6.07 Å². The largest absolute Gasteiger partial charge is 0.433 e. The Hall–Kier alpha value is -1.74. The molecule has 9 heteroatoms. The van der Waals surface area contributed by atoms with Gasteiger partial charge in [0.1, 0.15) is 11.5 Å². The van der Waals surface area contributed by atoms with Crippen molar-refractivity contribution in [1.29, 1.82) is 0 Å². The summed E-state index contributed by atoms with van der Waals surface area (Å²) < 4.78 is 43.4. The molecule has 1 saturated carbocycles. The number of ether oxygens (including phenoxy) is 1. The van der Waals surface area contributed by atoms with E-state index in [1.54, 1.807) is 0 Å². The number of hydrogen-bond acceptors (Lipinski definition) is 5. The summed E-state index contributed by atoms with van der Waals surface area (Å²) in [5, 5.41) is 12.3. The number of halogens is 3. The number of aryl methyl sites for hydroxylation is 1. The third-order valence-electron chi connectivity index (χ3n) is 4.04.